The molecule has 0 aromatic heterocycles. The Morgan fingerprint density at radius 2 is 2.15 bits per heavy atom. The zero-order valence-corrected chi connectivity index (χ0v) is 9.89. The van der Waals surface area contributed by atoms with Gasteiger partial charge in [-0.3, -0.25) is 0 Å². The standard InChI is InChI=1S/C12H9F3O5/c13-7-3-1-2-6(4-7)10(17)19-5-8-9(16)12(14,15)11(18)20-8/h1-4,8-9,16H,5H2/t8-,9-/m1/s1. The first-order valence-electron chi connectivity index (χ1n) is 5.52. The highest BCUT2D eigenvalue weighted by Gasteiger charge is 2.59. The Balaban J connectivity index is 1.97. The fourth-order valence-corrected chi connectivity index (χ4v) is 1.62. The van der Waals surface area contributed by atoms with Gasteiger partial charge in [0.05, 0.1) is 5.56 Å². The lowest BCUT2D eigenvalue weighted by Crippen LogP contribution is -2.39. The third kappa shape index (κ3) is 2.60. The van der Waals surface area contributed by atoms with Crippen LogP contribution >= 0.6 is 0 Å². The van der Waals surface area contributed by atoms with Gasteiger partial charge in [0.1, 0.15) is 12.4 Å². The largest absolute Gasteiger partial charge is 0.458 e. The second-order valence-corrected chi connectivity index (χ2v) is 4.12. The van der Waals surface area contributed by atoms with E-state index in [1.807, 2.05) is 0 Å². The normalized spacial score (nSPS) is 24.3. The molecule has 0 amide bonds. The van der Waals surface area contributed by atoms with Crippen molar-refractivity contribution in [2.45, 2.75) is 18.1 Å². The van der Waals surface area contributed by atoms with E-state index < -0.39 is 42.5 Å². The predicted molar refractivity (Wildman–Crippen MR) is 57.5 cm³/mol. The number of esters is 2. The van der Waals surface area contributed by atoms with E-state index in [4.69, 9.17) is 5.11 Å². The molecule has 20 heavy (non-hydrogen) atoms. The minimum atomic E-state index is -4.03. The topological polar surface area (TPSA) is 72.8 Å². The number of hydrogen-bond donors (Lipinski definition) is 1. The highest BCUT2D eigenvalue weighted by molar-refractivity contribution is 5.89. The summed E-state index contributed by atoms with van der Waals surface area (Å²) in [5, 5.41) is 9.17. The second kappa shape index (κ2) is 5.12. The molecule has 1 N–H and O–H groups in total. The molecule has 0 bridgehead atoms. The van der Waals surface area contributed by atoms with Crippen molar-refractivity contribution >= 4 is 11.9 Å². The molecular formula is C12H9F3O5. The van der Waals surface area contributed by atoms with E-state index in [2.05, 4.69) is 9.47 Å². The average Bonchev–Trinajstić information content (AvgIpc) is 2.59. The Bertz CT molecular complexity index is 546. The number of alkyl halides is 2. The van der Waals surface area contributed by atoms with Crippen molar-refractivity contribution in [2.75, 3.05) is 6.61 Å². The SMILES string of the molecule is O=C(OC[C@H]1OC(=O)C(F)(F)[C@@H]1O)c1cccc(F)c1. The molecule has 1 aromatic carbocycles. The van der Waals surface area contributed by atoms with Crippen LogP contribution in [0, 0.1) is 5.82 Å². The van der Waals surface area contributed by atoms with Crippen molar-refractivity contribution in [1.29, 1.82) is 0 Å². The molecule has 1 fully saturated rings. The minimum Gasteiger partial charge on any atom is -0.458 e. The van der Waals surface area contributed by atoms with E-state index in [0.29, 0.717) is 0 Å². The van der Waals surface area contributed by atoms with Crippen molar-refractivity contribution in [1.82, 2.24) is 0 Å². The molecule has 5 nitrogen and oxygen atoms in total. The van der Waals surface area contributed by atoms with Crippen LogP contribution in [0.15, 0.2) is 24.3 Å². The third-order valence-electron chi connectivity index (χ3n) is 2.69. The number of carbonyl (C=O) groups excluding carboxylic acids is 2. The zero-order chi connectivity index (χ0) is 14.9. The number of aliphatic hydroxyl groups excluding tert-OH is 1. The van der Waals surface area contributed by atoms with E-state index in [1.54, 1.807) is 0 Å². The minimum absolute atomic E-state index is 0.129. The Labute approximate surface area is 110 Å². The van der Waals surface area contributed by atoms with Crippen LogP contribution in [-0.4, -0.2) is 41.8 Å². The van der Waals surface area contributed by atoms with E-state index in [0.717, 1.165) is 12.1 Å². The van der Waals surface area contributed by atoms with Crippen molar-refractivity contribution < 1.29 is 37.3 Å². The summed E-state index contributed by atoms with van der Waals surface area (Å²) in [4.78, 5) is 22.3. The van der Waals surface area contributed by atoms with Crippen LogP contribution in [0.4, 0.5) is 13.2 Å². The average molecular weight is 290 g/mol. The number of hydrogen-bond acceptors (Lipinski definition) is 5. The molecule has 2 rings (SSSR count). The number of carbonyl (C=O) groups is 2. The van der Waals surface area contributed by atoms with Gasteiger partial charge in [0.2, 0.25) is 0 Å². The van der Waals surface area contributed by atoms with Gasteiger partial charge in [0.25, 0.3) is 0 Å². The molecular weight excluding hydrogens is 281 g/mol. The van der Waals surface area contributed by atoms with Gasteiger partial charge in [-0.1, -0.05) is 6.07 Å². The quantitative estimate of drug-likeness (QED) is 0.837. The van der Waals surface area contributed by atoms with Gasteiger partial charge in [-0.05, 0) is 18.2 Å². The second-order valence-electron chi connectivity index (χ2n) is 4.12. The molecule has 1 aromatic rings. The first-order valence-corrected chi connectivity index (χ1v) is 5.52. The lowest BCUT2D eigenvalue weighted by Gasteiger charge is -2.14. The van der Waals surface area contributed by atoms with E-state index in [1.165, 1.54) is 12.1 Å². The van der Waals surface area contributed by atoms with E-state index in [-0.39, 0.29) is 5.56 Å². The molecule has 1 aliphatic heterocycles. The van der Waals surface area contributed by atoms with Gasteiger partial charge in [-0.15, -0.1) is 0 Å². The van der Waals surface area contributed by atoms with Gasteiger partial charge >= 0.3 is 17.9 Å². The van der Waals surface area contributed by atoms with Crippen molar-refractivity contribution in [3.63, 3.8) is 0 Å². The maximum atomic E-state index is 13.0. The zero-order valence-electron chi connectivity index (χ0n) is 9.89. The molecule has 0 radical (unpaired) electrons. The van der Waals surface area contributed by atoms with E-state index >= 15 is 0 Å². The van der Waals surface area contributed by atoms with Gasteiger partial charge < -0.3 is 14.6 Å². The number of halogens is 3. The van der Waals surface area contributed by atoms with Crippen molar-refractivity contribution in [2.24, 2.45) is 0 Å². The van der Waals surface area contributed by atoms with E-state index in [9.17, 15) is 22.8 Å². The maximum absolute atomic E-state index is 13.0. The Morgan fingerprint density at radius 1 is 1.45 bits per heavy atom. The first-order chi connectivity index (χ1) is 9.32. The van der Waals surface area contributed by atoms with Crippen LogP contribution in [0.3, 0.4) is 0 Å². The predicted octanol–water partition coefficient (Wildman–Crippen LogP) is 0.904. The number of rotatable bonds is 3. The number of aliphatic hydroxyl groups is 1. The molecule has 0 unspecified atom stereocenters. The highest BCUT2D eigenvalue weighted by Crippen LogP contribution is 2.31. The van der Waals surface area contributed by atoms with Crippen LogP contribution in [0.1, 0.15) is 10.4 Å². The van der Waals surface area contributed by atoms with Gasteiger partial charge in [-0.2, -0.15) is 8.78 Å². The molecule has 1 heterocycles. The Kier molecular flexibility index (Phi) is 3.67. The number of cyclic esters (lactones) is 1. The van der Waals surface area contributed by atoms with Crippen molar-refractivity contribution in [3.8, 4) is 0 Å². The summed E-state index contributed by atoms with van der Waals surface area (Å²) < 4.78 is 47.6. The summed E-state index contributed by atoms with van der Waals surface area (Å²) in [5.74, 6) is -7.56. The van der Waals surface area contributed by atoms with Gasteiger partial charge in [0.15, 0.2) is 12.2 Å². The summed E-state index contributed by atoms with van der Waals surface area (Å²) in [6.45, 7) is -0.752. The lowest BCUT2D eigenvalue weighted by molar-refractivity contribution is -0.162. The van der Waals surface area contributed by atoms with Gasteiger partial charge in [0, 0.05) is 0 Å². The summed E-state index contributed by atoms with van der Waals surface area (Å²) in [7, 11) is 0. The Morgan fingerprint density at radius 3 is 2.70 bits per heavy atom. The smallest absolute Gasteiger partial charge is 0.380 e. The molecule has 0 aliphatic carbocycles. The van der Waals surface area contributed by atoms with Crippen LogP contribution in [0.2, 0.25) is 0 Å². The van der Waals surface area contributed by atoms with Crippen LogP contribution in [0.5, 0.6) is 0 Å². The highest BCUT2D eigenvalue weighted by atomic mass is 19.3. The fraction of sp³-hybridized carbons (Fsp3) is 0.333. The molecule has 108 valence electrons. The molecule has 0 saturated carbocycles. The summed E-state index contributed by atoms with van der Waals surface area (Å²) in [6, 6.07) is 4.54. The monoisotopic (exact) mass is 290 g/mol. The molecule has 1 aliphatic rings. The molecule has 2 atom stereocenters. The summed E-state index contributed by atoms with van der Waals surface area (Å²) in [6.07, 6.45) is -4.05. The van der Waals surface area contributed by atoms with Crippen LogP contribution in [0.25, 0.3) is 0 Å². The molecule has 0 spiro atoms. The van der Waals surface area contributed by atoms with Crippen molar-refractivity contribution in [3.05, 3.63) is 35.6 Å². The number of benzene rings is 1. The molecule has 1 saturated heterocycles. The number of ether oxygens (including phenoxy) is 2. The summed E-state index contributed by atoms with van der Waals surface area (Å²) in [5.41, 5.74) is -0.129. The third-order valence-corrected chi connectivity index (χ3v) is 2.69. The van der Waals surface area contributed by atoms with Crippen LogP contribution < -0.4 is 0 Å². The molecule has 8 heteroatoms. The first kappa shape index (κ1) is 14.3. The maximum Gasteiger partial charge on any atom is 0.380 e. The summed E-state index contributed by atoms with van der Waals surface area (Å²) >= 11 is 0. The lowest BCUT2D eigenvalue weighted by atomic mass is 10.1. The van der Waals surface area contributed by atoms with Gasteiger partial charge in [-0.25, -0.2) is 14.0 Å². The fourth-order valence-electron chi connectivity index (χ4n) is 1.62. The Hall–Kier alpha value is -2.09. The van der Waals surface area contributed by atoms with Crippen LogP contribution in [-0.2, 0) is 14.3 Å².